The van der Waals surface area contributed by atoms with Gasteiger partial charge in [0.2, 0.25) is 0 Å². The summed E-state index contributed by atoms with van der Waals surface area (Å²) in [6.07, 6.45) is 0.889. The molecular weight excluding hydrogens is 398 g/mol. The molecule has 3 N–H and O–H groups in total. The number of H-pyrrole nitrogens is 1. The first-order valence-electron chi connectivity index (χ1n) is 9.61. The predicted molar refractivity (Wildman–Crippen MR) is 116 cm³/mol. The summed E-state index contributed by atoms with van der Waals surface area (Å²) in [6.45, 7) is 2.06. The van der Waals surface area contributed by atoms with E-state index in [4.69, 9.17) is 15.2 Å². The molecule has 31 heavy (non-hydrogen) atoms. The molecule has 1 amide bonds. The molecule has 0 aliphatic carbocycles. The number of amides is 1. The molecule has 0 radical (unpaired) electrons. The molecule has 4 aromatic rings. The molecule has 2 aromatic carbocycles. The van der Waals surface area contributed by atoms with Crippen molar-refractivity contribution in [1.29, 1.82) is 0 Å². The van der Waals surface area contributed by atoms with Crippen molar-refractivity contribution < 1.29 is 14.3 Å². The summed E-state index contributed by atoms with van der Waals surface area (Å²) in [5, 5.41) is 0. The van der Waals surface area contributed by atoms with E-state index < -0.39 is 11.6 Å². The number of nitrogens with zero attached hydrogens (tertiary/aromatic N) is 3. The summed E-state index contributed by atoms with van der Waals surface area (Å²) >= 11 is 0. The number of primary amides is 1. The highest BCUT2D eigenvalue weighted by Crippen LogP contribution is 2.34. The quantitative estimate of drug-likeness (QED) is 0.495. The monoisotopic (exact) mass is 419 g/mol. The zero-order valence-corrected chi connectivity index (χ0v) is 17.3. The molecule has 0 fully saturated rings. The standard InChI is InChI=1S/C22H21N5O4/c1-4-12-8-10-13(11-9-12)20-24-16(19(23)28)17-21(26-20)27(22(29)25-17)14-6-5-7-15(30-2)18(14)31-3/h5-11H,4H2,1-3H3,(H2,23,28)(H,25,29). The van der Waals surface area contributed by atoms with Crippen molar-refractivity contribution in [2.45, 2.75) is 13.3 Å². The number of methoxy groups -OCH3 is 2. The number of aromatic amines is 1. The van der Waals surface area contributed by atoms with Gasteiger partial charge >= 0.3 is 5.69 Å². The van der Waals surface area contributed by atoms with Crippen LogP contribution in [0.15, 0.2) is 47.3 Å². The van der Waals surface area contributed by atoms with Gasteiger partial charge < -0.3 is 20.2 Å². The number of benzene rings is 2. The summed E-state index contributed by atoms with van der Waals surface area (Å²) < 4.78 is 12.1. The van der Waals surface area contributed by atoms with Gasteiger partial charge in [0.15, 0.2) is 28.7 Å². The third-order valence-corrected chi connectivity index (χ3v) is 5.01. The van der Waals surface area contributed by atoms with E-state index in [0.717, 1.165) is 12.0 Å². The van der Waals surface area contributed by atoms with E-state index in [1.807, 2.05) is 24.3 Å². The van der Waals surface area contributed by atoms with Gasteiger partial charge in [0.1, 0.15) is 5.52 Å². The van der Waals surface area contributed by atoms with Crippen LogP contribution in [0.3, 0.4) is 0 Å². The van der Waals surface area contributed by atoms with E-state index >= 15 is 0 Å². The number of imidazole rings is 1. The zero-order chi connectivity index (χ0) is 22.1. The third kappa shape index (κ3) is 3.39. The minimum Gasteiger partial charge on any atom is -0.493 e. The van der Waals surface area contributed by atoms with E-state index in [0.29, 0.717) is 22.7 Å². The van der Waals surface area contributed by atoms with Gasteiger partial charge in [-0.15, -0.1) is 0 Å². The molecule has 0 aliphatic heterocycles. The van der Waals surface area contributed by atoms with E-state index in [-0.39, 0.29) is 22.7 Å². The Morgan fingerprint density at radius 1 is 1.10 bits per heavy atom. The molecule has 2 aromatic heterocycles. The van der Waals surface area contributed by atoms with Crippen LogP contribution >= 0.6 is 0 Å². The molecule has 0 unspecified atom stereocenters. The number of aryl methyl sites for hydroxylation is 1. The van der Waals surface area contributed by atoms with E-state index in [9.17, 15) is 9.59 Å². The van der Waals surface area contributed by atoms with Gasteiger partial charge in [0, 0.05) is 5.56 Å². The van der Waals surface area contributed by atoms with Crippen LogP contribution in [0.1, 0.15) is 23.0 Å². The maximum atomic E-state index is 12.9. The van der Waals surface area contributed by atoms with E-state index in [2.05, 4.69) is 21.9 Å². The molecule has 0 aliphatic rings. The van der Waals surface area contributed by atoms with Crippen molar-refractivity contribution in [2.75, 3.05) is 14.2 Å². The van der Waals surface area contributed by atoms with Crippen molar-refractivity contribution in [3.8, 4) is 28.6 Å². The molecule has 9 heteroatoms. The largest absolute Gasteiger partial charge is 0.493 e. The van der Waals surface area contributed by atoms with Crippen LogP contribution in [0.25, 0.3) is 28.2 Å². The number of para-hydroxylation sites is 1. The summed E-state index contributed by atoms with van der Waals surface area (Å²) in [5.41, 5.74) is 7.58. The van der Waals surface area contributed by atoms with Gasteiger partial charge in [0.25, 0.3) is 5.91 Å². The molecule has 158 valence electrons. The molecule has 0 bridgehead atoms. The van der Waals surface area contributed by atoms with Crippen molar-refractivity contribution in [2.24, 2.45) is 5.73 Å². The van der Waals surface area contributed by atoms with Gasteiger partial charge in [0.05, 0.1) is 19.9 Å². The molecule has 2 heterocycles. The second-order valence-corrected chi connectivity index (χ2v) is 6.79. The second-order valence-electron chi connectivity index (χ2n) is 6.79. The van der Waals surface area contributed by atoms with Crippen molar-refractivity contribution >= 4 is 17.1 Å². The smallest absolute Gasteiger partial charge is 0.332 e. The highest BCUT2D eigenvalue weighted by molar-refractivity contribution is 6.02. The number of carbonyl (C=O) groups is 1. The van der Waals surface area contributed by atoms with Crippen LogP contribution in [-0.2, 0) is 6.42 Å². The van der Waals surface area contributed by atoms with Crippen LogP contribution in [0, 0.1) is 0 Å². The first kappa shape index (κ1) is 20.1. The highest BCUT2D eigenvalue weighted by Gasteiger charge is 2.22. The van der Waals surface area contributed by atoms with Crippen LogP contribution in [0.4, 0.5) is 0 Å². The average molecular weight is 419 g/mol. The molecule has 9 nitrogen and oxygen atoms in total. The topological polar surface area (TPSA) is 125 Å². The number of fused-ring (bicyclic) bond motifs is 1. The summed E-state index contributed by atoms with van der Waals surface area (Å²) in [4.78, 5) is 36.6. The fourth-order valence-electron chi connectivity index (χ4n) is 3.45. The number of aromatic nitrogens is 4. The predicted octanol–water partition coefficient (Wildman–Crippen LogP) is 2.45. The summed E-state index contributed by atoms with van der Waals surface area (Å²) in [5.74, 6) is 0.297. The molecule has 0 spiro atoms. The fourth-order valence-corrected chi connectivity index (χ4v) is 3.45. The number of nitrogens with two attached hydrogens (primary N) is 1. The van der Waals surface area contributed by atoms with Gasteiger partial charge in [-0.05, 0) is 24.1 Å². The van der Waals surface area contributed by atoms with Gasteiger partial charge in [-0.3, -0.25) is 4.79 Å². The normalized spacial score (nSPS) is 10.9. The molecule has 0 saturated carbocycles. The molecule has 4 rings (SSSR count). The van der Waals surface area contributed by atoms with Gasteiger partial charge in [-0.2, -0.15) is 0 Å². The first-order chi connectivity index (χ1) is 15.0. The van der Waals surface area contributed by atoms with Crippen LogP contribution in [-0.4, -0.2) is 39.6 Å². The lowest BCUT2D eigenvalue weighted by Crippen LogP contribution is -2.16. The number of ether oxygens (including phenoxy) is 2. The Labute approximate surface area is 177 Å². The maximum absolute atomic E-state index is 12.9. The minimum atomic E-state index is -0.773. The number of rotatable bonds is 6. The van der Waals surface area contributed by atoms with Crippen molar-refractivity contribution in [1.82, 2.24) is 19.5 Å². The summed E-state index contributed by atoms with van der Waals surface area (Å²) in [6, 6.07) is 12.8. The number of hydrogen-bond donors (Lipinski definition) is 2. The molecular formula is C22H21N5O4. The Balaban J connectivity index is 2.04. The molecule has 0 atom stereocenters. The Kier molecular flexibility index (Phi) is 5.16. The van der Waals surface area contributed by atoms with Crippen LogP contribution < -0.4 is 20.9 Å². The molecule has 0 saturated heterocycles. The number of hydrogen-bond acceptors (Lipinski definition) is 6. The lowest BCUT2D eigenvalue weighted by Gasteiger charge is -2.13. The van der Waals surface area contributed by atoms with E-state index in [1.54, 1.807) is 18.2 Å². The lowest BCUT2D eigenvalue weighted by atomic mass is 10.1. The first-order valence-corrected chi connectivity index (χ1v) is 9.61. The zero-order valence-electron chi connectivity index (χ0n) is 17.3. The van der Waals surface area contributed by atoms with E-state index in [1.165, 1.54) is 18.8 Å². The number of carbonyl (C=O) groups excluding carboxylic acids is 1. The SMILES string of the molecule is CCc1ccc(-c2nc(C(N)=O)c3[nH]c(=O)n(-c4cccc(OC)c4OC)c3n2)cc1. The average Bonchev–Trinajstić information content (AvgIpc) is 3.12. The van der Waals surface area contributed by atoms with Gasteiger partial charge in [-0.1, -0.05) is 37.3 Å². The second kappa shape index (κ2) is 7.94. The van der Waals surface area contributed by atoms with Crippen molar-refractivity contribution in [3.63, 3.8) is 0 Å². The van der Waals surface area contributed by atoms with Crippen LogP contribution in [0.5, 0.6) is 11.5 Å². The van der Waals surface area contributed by atoms with Crippen molar-refractivity contribution in [3.05, 3.63) is 64.2 Å². The summed E-state index contributed by atoms with van der Waals surface area (Å²) in [7, 11) is 2.98. The maximum Gasteiger partial charge on any atom is 0.332 e. The highest BCUT2D eigenvalue weighted by atomic mass is 16.5. The van der Waals surface area contributed by atoms with Gasteiger partial charge in [-0.25, -0.2) is 19.3 Å². The lowest BCUT2D eigenvalue weighted by molar-refractivity contribution is 0.0997. The Bertz CT molecular complexity index is 1340. The number of nitrogens with one attached hydrogen (secondary N) is 1. The fraction of sp³-hybridized carbons (Fsp3) is 0.182. The van der Waals surface area contributed by atoms with Crippen LogP contribution in [0.2, 0.25) is 0 Å². The minimum absolute atomic E-state index is 0.0720. The Morgan fingerprint density at radius 3 is 2.45 bits per heavy atom. The Hall–Kier alpha value is -4.14. The third-order valence-electron chi connectivity index (χ3n) is 5.01. The Morgan fingerprint density at radius 2 is 1.84 bits per heavy atom.